The molecule has 0 saturated carbocycles. The Morgan fingerprint density at radius 1 is 0.667 bits per heavy atom. The SMILES string of the molecule is CC(C)OC(C)COC(=O)C(C)(C)OC(C)(C)CCOC(C)(C)C(C)(C)C(=O)OCC(C)OC(C)C. The van der Waals surface area contributed by atoms with Crippen LogP contribution in [-0.2, 0) is 38.0 Å². The first kappa shape index (κ1) is 34.8. The van der Waals surface area contributed by atoms with Crippen LogP contribution in [-0.4, -0.2) is 73.0 Å². The standard InChI is InChI=1S/C28H54O8/c1-19(2)34-21(5)17-31-23(29)26(9,10)28(13,14)33-16-15-25(7,8)36-27(11,12)24(30)32-18-22(6)35-20(3)4/h19-22H,15-18H2,1-14H3. The molecule has 2 unspecified atom stereocenters. The van der Waals surface area contributed by atoms with Crippen molar-refractivity contribution < 1.29 is 38.0 Å². The third-order valence-electron chi connectivity index (χ3n) is 6.11. The van der Waals surface area contributed by atoms with E-state index in [0.29, 0.717) is 13.0 Å². The maximum absolute atomic E-state index is 12.8. The Morgan fingerprint density at radius 3 is 1.50 bits per heavy atom. The molecule has 0 radical (unpaired) electrons. The summed E-state index contributed by atoms with van der Waals surface area (Å²) in [6.07, 6.45) is 0.235. The third-order valence-corrected chi connectivity index (χ3v) is 6.11. The predicted molar refractivity (Wildman–Crippen MR) is 141 cm³/mol. The average molecular weight is 519 g/mol. The maximum atomic E-state index is 12.8. The molecule has 0 fully saturated rings. The molecule has 2 atom stereocenters. The number of hydrogen-bond donors (Lipinski definition) is 0. The molecule has 0 heterocycles. The van der Waals surface area contributed by atoms with Gasteiger partial charge in [-0.15, -0.1) is 0 Å². The Morgan fingerprint density at radius 2 is 1.08 bits per heavy atom. The lowest BCUT2D eigenvalue weighted by molar-refractivity contribution is -0.196. The molecule has 0 aliphatic rings. The van der Waals surface area contributed by atoms with Crippen LogP contribution in [0, 0.1) is 5.41 Å². The maximum Gasteiger partial charge on any atom is 0.337 e. The van der Waals surface area contributed by atoms with E-state index in [1.54, 1.807) is 13.8 Å². The Balaban J connectivity index is 4.86. The summed E-state index contributed by atoms with van der Waals surface area (Å²) >= 11 is 0. The molecule has 0 aromatic rings. The van der Waals surface area contributed by atoms with Gasteiger partial charge in [0, 0.05) is 0 Å². The fourth-order valence-electron chi connectivity index (χ4n) is 3.51. The molecule has 0 aliphatic heterocycles. The van der Waals surface area contributed by atoms with E-state index in [0.717, 1.165) is 0 Å². The van der Waals surface area contributed by atoms with Gasteiger partial charge in [0.25, 0.3) is 0 Å². The van der Waals surface area contributed by atoms with Crippen LogP contribution in [0.15, 0.2) is 0 Å². The van der Waals surface area contributed by atoms with Gasteiger partial charge in [-0.1, -0.05) is 0 Å². The van der Waals surface area contributed by atoms with Gasteiger partial charge in [0.15, 0.2) is 5.60 Å². The van der Waals surface area contributed by atoms with E-state index in [-0.39, 0.29) is 43.6 Å². The summed E-state index contributed by atoms with van der Waals surface area (Å²) in [6, 6.07) is 0. The first-order valence-corrected chi connectivity index (χ1v) is 13.1. The van der Waals surface area contributed by atoms with Gasteiger partial charge in [0.1, 0.15) is 13.2 Å². The molecule has 8 nitrogen and oxygen atoms in total. The number of hydrogen-bond acceptors (Lipinski definition) is 8. The zero-order valence-corrected chi connectivity index (χ0v) is 25.4. The lowest BCUT2D eigenvalue weighted by Crippen LogP contribution is -2.49. The van der Waals surface area contributed by atoms with E-state index < -0.39 is 28.2 Å². The Bertz CT molecular complexity index is 679. The number of rotatable bonds is 17. The lowest BCUT2D eigenvalue weighted by atomic mass is 9.77. The summed E-state index contributed by atoms with van der Waals surface area (Å²) < 4.78 is 34.5. The van der Waals surface area contributed by atoms with Gasteiger partial charge < -0.3 is 28.4 Å². The van der Waals surface area contributed by atoms with E-state index in [2.05, 4.69) is 0 Å². The molecular weight excluding hydrogens is 464 g/mol. The number of carbonyl (C=O) groups excluding carboxylic acids is 2. The normalized spacial score (nSPS) is 15.2. The first-order chi connectivity index (χ1) is 16.1. The predicted octanol–water partition coefficient (Wildman–Crippen LogP) is 5.49. The molecule has 36 heavy (non-hydrogen) atoms. The van der Waals surface area contributed by atoms with Gasteiger partial charge in [-0.2, -0.15) is 0 Å². The zero-order valence-electron chi connectivity index (χ0n) is 25.4. The van der Waals surface area contributed by atoms with Crippen LogP contribution in [0.25, 0.3) is 0 Å². The van der Waals surface area contributed by atoms with Crippen molar-refractivity contribution in [1.82, 2.24) is 0 Å². The van der Waals surface area contributed by atoms with E-state index in [9.17, 15) is 9.59 Å². The summed E-state index contributed by atoms with van der Waals surface area (Å²) in [5.74, 6) is -0.794. The lowest BCUT2D eigenvalue weighted by Gasteiger charge is -2.40. The van der Waals surface area contributed by atoms with Crippen LogP contribution in [0.1, 0.15) is 103 Å². The van der Waals surface area contributed by atoms with Crippen LogP contribution < -0.4 is 0 Å². The molecule has 0 bridgehead atoms. The summed E-state index contributed by atoms with van der Waals surface area (Å²) in [5, 5.41) is 0. The van der Waals surface area contributed by atoms with Crippen molar-refractivity contribution >= 4 is 11.9 Å². The molecule has 0 aliphatic carbocycles. The minimum absolute atomic E-state index is 0.0560. The third kappa shape index (κ3) is 12.3. The molecule has 0 amide bonds. The van der Waals surface area contributed by atoms with Crippen molar-refractivity contribution in [3.8, 4) is 0 Å². The van der Waals surface area contributed by atoms with Gasteiger partial charge in [-0.25, -0.2) is 4.79 Å². The molecule has 0 spiro atoms. The second kappa shape index (κ2) is 14.1. The molecule has 0 aromatic carbocycles. The van der Waals surface area contributed by atoms with Crippen molar-refractivity contribution in [2.45, 2.75) is 145 Å². The topological polar surface area (TPSA) is 89.5 Å². The van der Waals surface area contributed by atoms with Crippen molar-refractivity contribution in [2.75, 3.05) is 19.8 Å². The molecular formula is C28H54O8. The quantitative estimate of drug-likeness (QED) is 0.234. The number of ether oxygens (including phenoxy) is 6. The fourth-order valence-corrected chi connectivity index (χ4v) is 3.51. The van der Waals surface area contributed by atoms with Gasteiger partial charge in [0.05, 0.1) is 47.6 Å². The van der Waals surface area contributed by atoms with E-state index in [1.807, 2.05) is 83.1 Å². The summed E-state index contributed by atoms with van der Waals surface area (Å²) in [4.78, 5) is 25.5. The van der Waals surface area contributed by atoms with Gasteiger partial charge >= 0.3 is 11.9 Å². The Hall–Kier alpha value is -1.22. The van der Waals surface area contributed by atoms with Crippen LogP contribution >= 0.6 is 0 Å². The summed E-state index contributed by atoms with van der Waals surface area (Å²) in [7, 11) is 0. The van der Waals surface area contributed by atoms with E-state index >= 15 is 0 Å². The molecule has 0 rings (SSSR count). The number of carbonyl (C=O) groups is 2. The van der Waals surface area contributed by atoms with Gasteiger partial charge in [0.2, 0.25) is 0 Å². The second-order valence-corrected chi connectivity index (χ2v) is 12.3. The number of esters is 2. The van der Waals surface area contributed by atoms with Crippen LogP contribution in [0.5, 0.6) is 0 Å². The van der Waals surface area contributed by atoms with Crippen molar-refractivity contribution in [3.05, 3.63) is 0 Å². The summed E-state index contributed by atoms with van der Waals surface area (Å²) in [5.41, 5.74) is -3.52. The molecule has 0 aromatic heterocycles. The van der Waals surface area contributed by atoms with E-state index in [1.165, 1.54) is 0 Å². The van der Waals surface area contributed by atoms with Gasteiger partial charge in [-0.3, -0.25) is 4.79 Å². The summed E-state index contributed by atoms with van der Waals surface area (Å²) in [6.45, 7) is 26.7. The monoisotopic (exact) mass is 518 g/mol. The average Bonchev–Trinajstić information content (AvgIpc) is 2.67. The molecule has 0 saturated heterocycles. The highest BCUT2D eigenvalue weighted by atomic mass is 16.6. The van der Waals surface area contributed by atoms with Crippen LogP contribution in [0.3, 0.4) is 0 Å². The van der Waals surface area contributed by atoms with Crippen LogP contribution in [0.2, 0.25) is 0 Å². The molecule has 8 heteroatoms. The largest absolute Gasteiger partial charge is 0.462 e. The molecule has 214 valence electrons. The fraction of sp³-hybridized carbons (Fsp3) is 0.929. The minimum Gasteiger partial charge on any atom is -0.462 e. The van der Waals surface area contributed by atoms with E-state index in [4.69, 9.17) is 28.4 Å². The van der Waals surface area contributed by atoms with Crippen molar-refractivity contribution in [1.29, 1.82) is 0 Å². The molecule has 0 N–H and O–H groups in total. The smallest absolute Gasteiger partial charge is 0.337 e. The van der Waals surface area contributed by atoms with Crippen LogP contribution in [0.4, 0.5) is 0 Å². The highest BCUT2D eigenvalue weighted by molar-refractivity contribution is 5.78. The minimum atomic E-state index is -1.14. The van der Waals surface area contributed by atoms with Crippen molar-refractivity contribution in [3.63, 3.8) is 0 Å². The van der Waals surface area contributed by atoms with Crippen molar-refractivity contribution in [2.24, 2.45) is 5.41 Å². The highest BCUT2D eigenvalue weighted by Crippen LogP contribution is 2.36. The Labute approximate surface area is 220 Å². The first-order valence-electron chi connectivity index (χ1n) is 13.1. The zero-order chi connectivity index (χ0) is 28.5. The van der Waals surface area contributed by atoms with Gasteiger partial charge in [-0.05, 0) is 103 Å². The highest BCUT2D eigenvalue weighted by Gasteiger charge is 2.46. The second-order valence-electron chi connectivity index (χ2n) is 12.3. The Kier molecular flexibility index (Phi) is 13.6.